The molecule has 1 amide bonds. The maximum Gasteiger partial charge on any atom is 0.412 e. The van der Waals surface area contributed by atoms with Gasteiger partial charge < -0.3 is 4.74 Å². The SMILES string of the molecule is CCc1ccc(NC(=O)OCN)cc1. The van der Waals surface area contributed by atoms with Gasteiger partial charge in [-0.25, -0.2) is 4.79 Å². The van der Waals surface area contributed by atoms with Crippen LogP contribution in [0.4, 0.5) is 10.5 Å². The number of carbonyl (C=O) groups excluding carboxylic acids is 1. The van der Waals surface area contributed by atoms with Gasteiger partial charge in [0, 0.05) is 5.69 Å². The lowest BCUT2D eigenvalue weighted by atomic mass is 10.1. The highest BCUT2D eigenvalue weighted by atomic mass is 16.6. The van der Waals surface area contributed by atoms with E-state index < -0.39 is 6.09 Å². The number of hydrogen-bond acceptors (Lipinski definition) is 3. The number of carbonyl (C=O) groups is 1. The molecule has 0 aliphatic rings. The third kappa shape index (κ3) is 3.06. The van der Waals surface area contributed by atoms with E-state index in [0.717, 1.165) is 6.42 Å². The van der Waals surface area contributed by atoms with Crippen molar-refractivity contribution in [2.45, 2.75) is 13.3 Å². The van der Waals surface area contributed by atoms with E-state index in [0.29, 0.717) is 5.69 Å². The molecule has 0 saturated heterocycles. The smallest absolute Gasteiger partial charge is 0.412 e. The van der Waals surface area contributed by atoms with Crippen LogP contribution in [0, 0.1) is 0 Å². The van der Waals surface area contributed by atoms with Gasteiger partial charge in [-0.1, -0.05) is 19.1 Å². The number of benzene rings is 1. The molecule has 0 saturated carbocycles. The zero-order valence-corrected chi connectivity index (χ0v) is 8.12. The summed E-state index contributed by atoms with van der Waals surface area (Å²) in [6.07, 6.45) is 0.449. The summed E-state index contributed by atoms with van der Waals surface area (Å²) in [4.78, 5) is 11.0. The minimum Gasteiger partial charge on any atom is -0.434 e. The molecular weight excluding hydrogens is 180 g/mol. The fraction of sp³-hybridized carbons (Fsp3) is 0.300. The molecule has 0 unspecified atom stereocenters. The van der Waals surface area contributed by atoms with Crippen LogP contribution in [0.2, 0.25) is 0 Å². The fourth-order valence-corrected chi connectivity index (χ4v) is 1.05. The third-order valence-electron chi connectivity index (χ3n) is 1.82. The second-order valence-corrected chi connectivity index (χ2v) is 2.77. The zero-order chi connectivity index (χ0) is 10.4. The first-order valence-electron chi connectivity index (χ1n) is 4.49. The van der Waals surface area contributed by atoms with Gasteiger partial charge in [-0.2, -0.15) is 0 Å². The Hall–Kier alpha value is -1.55. The van der Waals surface area contributed by atoms with Crippen LogP contribution in [0.15, 0.2) is 24.3 Å². The van der Waals surface area contributed by atoms with Crippen molar-refractivity contribution in [3.63, 3.8) is 0 Å². The number of rotatable bonds is 3. The van der Waals surface area contributed by atoms with E-state index in [4.69, 9.17) is 5.73 Å². The number of nitrogens with two attached hydrogens (primary N) is 1. The third-order valence-corrected chi connectivity index (χ3v) is 1.82. The molecule has 1 aromatic carbocycles. The van der Waals surface area contributed by atoms with Crippen molar-refractivity contribution >= 4 is 11.8 Å². The minimum atomic E-state index is -0.531. The summed E-state index contributed by atoms with van der Waals surface area (Å²) in [5.41, 5.74) is 6.98. The van der Waals surface area contributed by atoms with Crippen molar-refractivity contribution in [2.24, 2.45) is 5.73 Å². The van der Waals surface area contributed by atoms with E-state index in [-0.39, 0.29) is 6.73 Å². The maximum absolute atomic E-state index is 11.0. The highest BCUT2D eigenvalue weighted by Crippen LogP contribution is 2.09. The molecule has 3 N–H and O–H groups in total. The Labute approximate surface area is 83.1 Å². The lowest BCUT2D eigenvalue weighted by Crippen LogP contribution is -2.17. The summed E-state index contributed by atoms with van der Waals surface area (Å²) >= 11 is 0. The maximum atomic E-state index is 11.0. The van der Waals surface area contributed by atoms with E-state index in [1.807, 2.05) is 24.3 Å². The molecule has 0 aliphatic heterocycles. The number of hydrogen-bond donors (Lipinski definition) is 2. The average Bonchev–Trinajstić information content (AvgIpc) is 2.19. The summed E-state index contributed by atoms with van der Waals surface area (Å²) in [6.45, 7) is 1.96. The second-order valence-electron chi connectivity index (χ2n) is 2.77. The van der Waals surface area contributed by atoms with Gasteiger partial charge in [0.1, 0.15) is 6.73 Å². The predicted molar refractivity (Wildman–Crippen MR) is 55.0 cm³/mol. The molecule has 0 heterocycles. The van der Waals surface area contributed by atoms with Gasteiger partial charge in [0.2, 0.25) is 0 Å². The molecule has 76 valence electrons. The highest BCUT2D eigenvalue weighted by Gasteiger charge is 2.00. The van der Waals surface area contributed by atoms with Crippen LogP contribution >= 0.6 is 0 Å². The number of ether oxygens (including phenoxy) is 1. The Morgan fingerprint density at radius 2 is 2.07 bits per heavy atom. The molecule has 0 fully saturated rings. The van der Waals surface area contributed by atoms with Crippen molar-refractivity contribution in [3.8, 4) is 0 Å². The zero-order valence-electron chi connectivity index (χ0n) is 8.12. The molecule has 4 nitrogen and oxygen atoms in total. The van der Waals surface area contributed by atoms with Crippen LogP contribution in [0.3, 0.4) is 0 Å². The lowest BCUT2D eigenvalue weighted by Gasteiger charge is -2.05. The molecule has 0 radical (unpaired) electrons. The largest absolute Gasteiger partial charge is 0.434 e. The van der Waals surface area contributed by atoms with E-state index in [9.17, 15) is 4.79 Å². The van der Waals surface area contributed by atoms with E-state index in [2.05, 4.69) is 17.0 Å². The van der Waals surface area contributed by atoms with Gasteiger partial charge in [0.15, 0.2) is 0 Å². The van der Waals surface area contributed by atoms with Gasteiger partial charge >= 0.3 is 6.09 Å². The van der Waals surface area contributed by atoms with Crippen molar-refractivity contribution in [3.05, 3.63) is 29.8 Å². The molecule has 1 rings (SSSR count). The van der Waals surface area contributed by atoms with Crippen molar-refractivity contribution in [2.75, 3.05) is 12.0 Å². The van der Waals surface area contributed by atoms with Crippen LogP contribution in [-0.2, 0) is 11.2 Å². The predicted octanol–water partition coefficient (Wildman–Crippen LogP) is 1.71. The first kappa shape index (κ1) is 10.5. The van der Waals surface area contributed by atoms with E-state index >= 15 is 0 Å². The van der Waals surface area contributed by atoms with Gasteiger partial charge in [-0.15, -0.1) is 0 Å². The Balaban J connectivity index is 2.55. The van der Waals surface area contributed by atoms with Gasteiger partial charge in [-0.3, -0.25) is 11.1 Å². The number of anilines is 1. The monoisotopic (exact) mass is 194 g/mol. The summed E-state index contributed by atoms with van der Waals surface area (Å²) in [7, 11) is 0. The normalized spacial score (nSPS) is 9.57. The Kier molecular flexibility index (Phi) is 3.94. The lowest BCUT2D eigenvalue weighted by molar-refractivity contribution is 0.165. The summed E-state index contributed by atoms with van der Waals surface area (Å²) in [5, 5.41) is 2.55. The summed E-state index contributed by atoms with van der Waals surface area (Å²) < 4.78 is 4.53. The van der Waals surface area contributed by atoms with Crippen molar-refractivity contribution in [1.29, 1.82) is 0 Å². The standard InChI is InChI=1S/C10H14N2O2/c1-2-8-3-5-9(6-4-8)12-10(13)14-7-11/h3-6H,2,7,11H2,1H3,(H,12,13). The van der Waals surface area contributed by atoms with Crippen molar-refractivity contribution < 1.29 is 9.53 Å². The fourth-order valence-electron chi connectivity index (χ4n) is 1.05. The first-order valence-corrected chi connectivity index (χ1v) is 4.49. The second kappa shape index (κ2) is 5.24. The molecule has 14 heavy (non-hydrogen) atoms. The van der Waals surface area contributed by atoms with Crippen LogP contribution < -0.4 is 11.1 Å². The molecule has 0 spiro atoms. The Morgan fingerprint density at radius 1 is 1.43 bits per heavy atom. The van der Waals surface area contributed by atoms with Gasteiger partial charge in [0.05, 0.1) is 0 Å². The molecule has 0 atom stereocenters. The molecule has 4 heteroatoms. The van der Waals surface area contributed by atoms with Crippen LogP contribution in [-0.4, -0.2) is 12.8 Å². The topological polar surface area (TPSA) is 64.3 Å². The summed E-state index contributed by atoms with van der Waals surface area (Å²) in [6, 6.07) is 7.57. The van der Waals surface area contributed by atoms with Crippen LogP contribution in [0.25, 0.3) is 0 Å². The Bertz CT molecular complexity index is 295. The minimum absolute atomic E-state index is 0.112. The van der Waals surface area contributed by atoms with Crippen LogP contribution in [0.1, 0.15) is 12.5 Å². The molecular formula is C10H14N2O2. The molecule has 0 aliphatic carbocycles. The highest BCUT2D eigenvalue weighted by molar-refractivity contribution is 5.84. The quantitative estimate of drug-likeness (QED) is 0.720. The van der Waals surface area contributed by atoms with Crippen LogP contribution in [0.5, 0.6) is 0 Å². The first-order chi connectivity index (χ1) is 6.76. The Morgan fingerprint density at radius 3 is 2.57 bits per heavy atom. The van der Waals surface area contributed by atoms with Gasteiger partial charge in [0.25, 0.3) is 0 Å². The van der Waals surface area contributed by atoms with Gasteiger partial charge in [-0.05, 0) is 24.1 Å². The van der Waals surface area contributed by atoms with E-state index in [1.54, 1.807) is 0 Å². The molecule has 1 aromatic rings. The molecule has 0 aromatic heterocycles. The van der Waals surface area contributed by atoms with Crippen molar-refractivity contribution in [1.82, 2.24) is 0 Å². The molecule has 0 bridgehead atoms. The van der Waals surface area contributed by atoms with E-state index in [1.165, 1.54) is 5.56 Å². The summed E-state index contributed by atoms with van der Waals surface area (Å²) in [5.74, 6) is 0. The number of aryl methyl sites for hydroxylation is 1. The number of nitrogens with one attached hydrogen (secondary N) is 1. The number of amides is 1. The average molecular weight is 194 g/mol.